The van der Waals surface area contributed by atoms with Gasteiger partial charge in [0.15, 0.2) is 5.16 Å². The topological polar surface area (TPSA) is 88.0 Å². The van der Waals surface area contributed by atoms with Crippen molar-refractivity contribution in [1.29, 1.82) is 5.26 Å². The minimum absolute atomic E-state index is 0.0199. The van der Waals surface area contributed by atoms with Gasteiger partial charge in [-0.25, -0.2) is 4.98 Å². The number of ether oxygens (including phenoxy) is 2. The average molecular weight is 450 g/mol. The van der Waals surface area contributed by atoms with E-state index in [1.54, 1.807) is 19.2 Å². The van der Waals surface area contributed by atoms with Crippen molar-refractivity contribution in [2.45, 2.75) is 44.9 Å². The van der Waals surface area contributed by atoms with Crippen molar-refractivity contribution in [1.82, 2.24) is 9.97 Å². The monoisotopic (exact) mass is 449 g/mol. The Morgan fingerprint density at radius 2 is 1.91 bits per heavy atom. The van der Waals surface area contributed by atoms with Gasteiger partial charge < -0.3 is 14.5 Å². The largest absolute Gasteiger partial charge is 0.496 e. The molecule has 2 aromatic carbocycles. The van der Waals surface area contributed by atoms with Gasteiger partial charge in [0, 0.05) is 11.1 Å². The Kier molecular flexibility index (Phi) is 6.95. The van der Waals surface area contributed by atoms with Gasteiger partial charge in [-0.2, -0.15) is 5.26 Å². The van der Waals surface area contributed by atoms with Gasteiger partial charge in [-0.1, -0.05) is 44.7 Å². The molecule has 0 aliphatic heterocycles. The smallest absolute Gasteiger partial charge is 0.270 e. The first kappa shape index (κ1) is 23.4. The lowest BCUT2D eigenvalue weighted by molar-refractivity contribution is 0.289. The zero-order valence-corrected chi connectivity index (χ0v) is 20.0. The maximum atomic E-state index is 12.3. The zero-order chi connectivity index (χ0) is 23.5. The van der Waals surface area contributed by atoms with E-state index < -0.39 is 5.56 Å². The molecule has 0 amide bonds. The van der Waals surface area contributed by atoms with Crippen LogP contribution in [0.15, 0.2) is 46.3 Å². The molecule has 0 fully saturated rings. The molecule has 1 aromatic heterocycles. The summed E-state index contributed by atoms with van der Waals surface area (Å²) in [4.78, 5) is 19.4. The van der Waals surface area contributed by atoms with Gasteiger partial charge in [0.2, 0.25) is 0 Å². The molecular weight excluding hydrogens is 422 g/mol. The van der Waals surface area contributed by atoms with Gasteiger partial charge in [-0.3, -0.25) is 4.79 Å². The average Bonchev–Trinajstić information content (AvgIpc) is 2.76. The highest BCUT2D eigenvalue weighted by Crippen LogP contribution is 2.34. The van der Waals surface area contributed by atoms with Crippen LogP contribution >= 0.6 is 11.8 Å². The minimum Gasteiger partial charge on any atom is -0.496 e. The first-order chi connectivity index (χ1) is 15.2. The van der Waals surface area contributed by atoms with E-state index in [2.05, 4.69) is 42.9 Å². The van der Waals surface area contributed by atoms with Gasteiger partial charge in [-0.05, 0) is 54.0 Å². The highest BCUT2D eigenvalue weighted by molar-refractivity contribution is 7.98. The van der Waals surface area contributed by atoms with Crippen LogP contribution in [0.25, 0.3) is 11.3 Å². The number of hydrogen-bond donors (Lipinski definition) is 1. The molecule has 0 unspecified atom stereocenters. The first-order valence-electron chi connectivity index (χ1n) is 10.2. The van der Waals surface area contributed by atoms with Gasteiger partial charge >= 0.3 is 0 Å². The second-order valence-corrected chi connectivity index (χ2v) is 9.27. The number of aromatic amines is 1. The van der Waals surface area contributed by atoms with Crippen LogP contribution in [-0.2, 0) is 12.0 Å². The fraction of sp³-hybridized carbons (Fsp3) is 0.320. The summed E-state index contributed by atoms with van der Waals surface area (Å²) in [5.74, 6) is 1.48. The summed E-state index contributed by atoms with van der Waals surface area (Å²) >= 11 is 1.31. The molecule has 166 valence electrons. The maximum Gasteiger partial charge on any atom is 0.270 e. The Bertz CT molecular complexity index is 1240. The molecule has 0 spiro atoms. The Labute approximate surface area is 192 Å². The molecular formula is C25H27N3O3S. The lowest BCUT2D eigenvalue weighted by atomic mass is 9.86. The number of benzene rings is 2. The van der Waals surface area contributed by atoms with Crippen LogP contribution in [0.5, 0.6) is 11.5 Å². The number of nitriles is 1. The SMILES string of the molecule is COc1ccc(-c2nc(SC)[nH]c(=O)c2C#N)cc1COc1cc(C)ccc1C(C)(C)C. The van der Waals surface area contributed by atoms with E-state index in [9.17, 15) is 10.1 Å². The summed E-state index contributed by atoms with van der Waals surface area (Å²) in [5.41, 5.74) is 3.48. The van der Waals surface area contributed by atoms with Crippen LogP contribution in [0.2, 0.25) is 0 Å². The first-order valence-corrected chi connectivity index (χ1v) is 11.4. The lowest BCUT2D eigenvalue weighted by Gasteiger charge is -2.23. The van der Waals surface area contributed by atoms with E-state index in [0.29, 0.717) is 22.2 Å². The minimum atomic E-state index is -0.454. The molecule has 1 N–H and O–H groups in total. The van der Waals surface area contributed by atoms with Gasteiger partial charge in [-0.15, -0.1) is 0 Å². The Morgan fingerprint density at radius 1 is 1.16 bits per heavy atom. The molecule has 3 aromatic rings. The summed E-state index contributed by atoms with van der Waals surface area (Å²) in [5, 5.41) is 9.96. The summed E-state index contributed by atoms with van der Waals surface area (Å²) in [7, 11) is 1.60. The maximum absolute atomic E-state index is 12.3. The predicted molar refractivity (Wildman–Crippen MR) is 128 cm³/mol. The molecule has 0 saturated heterocycles. The standard InChI is InChI=1S/C25H27N3O3S/c1-15-7-9-19(25(2,3)4)21(11-15)31-14-17-12-16(8-10-20(17)30-5)22-18(13-26)23(29)28-24(27-22)32-6/h7-12H,14H2,1-6H3,(H,27,28,29). The normalized spacial score (nSPS) is 11.2. The molecule has 1 heterocycles. The number of thioether (sulfide) groups is 1. The molecule has 32 heavy (non-hydrogen) atoms. The van der Waals surface area contributed by atoms with Gasteiger partial charge in [0.05, 0.1) is 12.8 Å². The third-order valence-electron chi connectivity index (χ3n) is 5.08. The number of aryl methyl sites for hydroxylation is 1. The van der Waals surface area contributed by atoms with Crippen LogP contribution in [0.1, 0.15) is 43.0 Å². The fourth-order valence-corrected chi connectivity index (χ4v) is 3.80. The third kappa shape index (κ3) is 4.97. The zero-order valence-electron chi connectivity index (χ0n) is 19.2. The van der Waals surface area contributed by atoms with Crippen LogP contribution in [0.3, 0.4) is 0 Å². The van der Waals surface area contributed by atoms with E-state index in [4.69, 9.17) is 9.47 Å². The quantitative estimate of drug-likeness (QED) is 0.410. The number of aromatic nitrogens is 2. The molecule has 0 aliphatic rings. The number of rotatable bonds is 6. The number of H-pyrrole nitrogens is 1. The van der Waals surface area contributed by atoms with Crippen LogP contribution in [0, 0.1) is 18.3 Å². The highest BCUT2D eigenvalue weighted by atomic mass is 32.2. The molecule has 0 atom stereocenters. The molecule has 0 saturated carbocycles. The molecule has 0 aliphatic carbocycles. The number of methoxy groups -OCH3 is 1. The van der Waals surface area contributed by atoms with E-state index in [-0.39, 0.29) is 17.6 Å². The third-order valence-corrected chi connectivity index (χ3v) is 5.67. The van der Waals surface area contributed by atoms with Gasteiger partial charge in [0.25, 0.3) is 5.56 Å². The summed E-state index contributed by atoms with van der Waals surface area (Å²) in [6.45, 7) is 8.75. The molecule has 0 bridgehead atoms. The predicted octanol–water partition coefficient (Wildman–Crippen LogP) is 5.22. The Morgan fingerprint density at radius 3 is 2.53 bits per heavy atom. The molecule has 7 heteroatoms. The van der Waals surface area contributed by atoms with E-state index in [0.717, 1.165) is 22.4 Å². The van der Waals surface area contributed by atoms with E-state index in [1.165, 1.54) is 11.8 Å². The molecule has 0 radical (unpaired) electrons. The van der Waals surface area contributed by atoms with Crippen LogP contribution in [0.4, 0.5) is 0 Å². The summed E-state index contributed by atoms with van der Waals surface area (Å²) < 4.78 is 11.8. The molecule has 3 rings (SSSR count). The van der Waals surface area contributed by atoms with Crippen LogP contribution < -0.4 is 15.0 Å². The number of hydrogen-bond acceptors (Lipinski definition) is 6. The van der Waals surface area contributed by atoms with Crippen molar-refractivity contribution in [3.05, 3.63) is 69.0 Å². The van der Waals surface area contributed by atoms with Crippen LogP contribution in [-0.4, -0.2) is 23.3 Å². The highest BCUT2D eigenvalue weighted by Gasteiger charge is 2.20. The van der Waals surface area contributed by atoms with Crippen molar-refractivity contribution in [2.75, 3.05) is 13.4 Å². The second kappa shape index (κ2) is 9.49. The van der Waals surface area contributed by atoms with Crippen molar-refractivity contribution < 1.29 is 9.47 Å². The Hall–Kier alpha value is -3.24. The fourth-order valence-electron chi connectivity index (χ4n) is 3.42. The second-order valence-electron chi connectivity index (χ2n) is 8.48. The molecule has 6 nitrogen and oxygen atoms in total. The summed E-state index contributed by atoms with van der Waals surface area (Å²) in [6, 6.07) is 13.6. The van der Waals surface area contributed by atoms with Crippen molar-refractivity contribution >= 4 is 11.8 Å². The lowest BCUT2D eigenvalue weighted by Crippen LogP contribution is -2.15. The number of nitrogens with one attached hydrogen (secondary N) is 1. The van der Waals surface area contributed by atoms with Crippen molar-refractivity contribution in [3.8, 4) is 28.8 Å². The van der Waals surface area contributed by atoms with Crippen molar-refractivity contribution in [3.63, 3.8) is 0 Å². The summed E-state index contributed by atoms with van der Waals surface area (Å²) in [6.07, 6.45) is 1.82. The Balaban J connectivity index is 2.04. The van der Waals surface area contributed by atoms with E-state index in [1.807, 2.05) is 31.4 Å². The van der Waals surface area contributed by atoms with E-state index >= 15 is 0 Å². The number of nitrogens with zero attached hydrogens (tertiary/aromatic N) is 2. The van der Waals surface area contributed by atoms with Crippen molar-refractivity contribution in [2.24, 2.45) is 0 Å². The van der Waals surface area contributed by atoms with Gasteiger partial charge in [0.1, 0.15) is 29.7 Å².